The molecule has 4 nitrogen and oxygen atoms in total. The summed E-state index contributed by atoms with van der Waals surface area (Å²) in [5.74, 6) is 2.40. The third kappa shape index (κ3) is 3.85. The minimum Gasteiger partial charge on any atom is -0.497 e. The molecular weight excluding hydrogens is 430 g/mol. The van der Waals surface area contributed by atoms with Gasteiger partial charge in [-0.15, -0.1) is 10.2 Å². The molecule has 0 saturated carbocycles. The Morgan fingerprint density at radius 1 is 0.543 bits per heavy atom. The third-order valence-electron chi connectivity index (χ3n) is 6.27. The number of nitrogens with zero attached hydrogens (tertiary/aromatic N) is 3. The van der Waals surface area contributed by atoms with E-state index in [0.29, 0.717) is 0 Å². The van der Waals surface area contributed by atoms with Crippen LogP contribution in [0.25, 0.3) is 50.4 Å². The lowest BCUT2D eigenvalue weighted by atomic mass is 10.0. The second-order valence-electron chi connectivity index (χ2n) is 8.35. The molecule has 0 radical (unpaired) electrons. The van der Waals surface area contributed by atoms with Crippen LogP contribution in [-0.4, -0.2) is 21.9 Å². The van der Waals surface area contributed by atoms with Crippen LogP contribution in [0.15, 0.2) is 121 Å². The molecule has 0 bridgehead atoms. The van der Waals surface area contributed by atoms with Gasteiger partial charge in [0.05, 0.1) is 7.11 Å². The molecule has 0 aliphatic carbocycles. The first-order valence-corrected chi connectivity index (χ1v) is 11.6. The van der Waals surface area contributed by atoms with E-state index >= 15 is 0 Å². The molecule has 0 saturated heterocycles. The van der Waals surface area contributed by atoms with Crippen LogP contribution in [0.3, 0.4) is 0 Å². The summed E-state index contributed by atoms with van der Waals surface area (Å²) in [5.41, 5.74) is 5.37. The van der Waals surface area contributed by atoms with E-state index in [-0.39, 0.29) is 0 Å². The van der Waals surface area contributed by atoms with E-state index in [1.54, 1.807) is 7.11 Å². The molecule has 0 amide bonds. The Morgan fingerprint density at radius 3 is 1.94 bits per heavy atom. The first-order chi connectivity index (χ1) is 17.3. The van der Waals surface area contributed by atoms with Gasteiger partial charge in [0.1, 0.15) is 5.75 Å². The Morgan fingerprint density at radius 2 is 1.17 bits per heavy atom. The van der Waals surface area contributed by atoms with Gasteiger partial charge in [-0.1, -0.05) is 97.1 Å². The Labute approximate surface area is 204 Å². The van der Waals surface area contributed by atoms with Gasteiger partial charge >= 0.3 is 0 Å². The summed E-state index contributed by atoms with van der Waals surface area (Å²) >= 11 is 0. The number of methoxy groups -OCH3 is 1. The van der Waals surface area contributed by atoms with E-state index < -0.39 is 0 Å². The Balaban J connectivity index is 1.53. The van der Waals surface area contributed by atoms with Crippen molar-refractivity contribution in [2.24, 2.45) is 0 Å². The van der Waals surface area contributed by atoms with Crippen molar-refractivity contribution in [3.63, 3.8) is 0 Å². The van der Waals surface area contributed by atoms with Gasteiger partial charge in [0, 0.05) is 16.8 Å². The molecule has 1 heterocycles. The van der Waals surface area contributed by atoms with E-state index in [2.05, 4.69) is 101 Å². The maximum absolute atomic E-state index is 5.39. The highest BCUT2D eigenvalue weighted by atomic mass is 16.5. The molecule has 1 aromatic heterocycles. The van der Waals surface area contributed by atoms with Gasteiger partial charge in [-0.25, -0.2) is 0 Å². The zero-order chi connectivity index (χ0) is 23.6. The fourth-order valence-corrected chi connectivity index (χ4v) is 4.48. The summed E-state index contributed by atoms with van der Waals surface area (Å²) in [6.07, 6.45) is 0. The second-order valence-corrected chi connectivity index (χ2v) is 8.35. The summed E-state index contributed by atoms with van der Waals surface area (Å²) < 4.78 is 7.51. The van der Waals surface area contributed by atoms with Crippen LogP contribution in [-0.2, 0) is 0 Å². The summed E-state index contributed by atoms with van der Waals surface area (Å²) in [5, 5.41) is 11.7. The fourth-order valence-electron chi connectivity index (χ4n) is 4.48. The normalized spacial score (nSPS) is 11.0. The number of aromatic nitrogens is 3. The second kappa shape index (κ2) is 8.92. The van der Waals surface area contributed by atoms with Crippen molar-refractivity contribution in [1.82, 2.24) is 14.8 Å². The van der Waals surface area contributed by atoms with Gasteiger partial charge in [-0.2, -0.15) is 0 Å². The van der Waals surface area contributed by atoms with Crippen LogP contribution in [0.2, 0.25) is 0 Å². The lowest BCUT2D eigenvalue weighted by molar-refractivity contribution is 0.415. The van der Waals surface area contributed by atoms with Crippen molar-refractivity contribution in [2.45, 2.75) is 0 Å². The number of fused-ring (bicyclic) bond motifs is 1. The van der Waals surface area contributed by atoms with Crippen molar-refractivity contribution < 1.29 is 4.74 Å². The molecule has 168 valence electrons. The summed E-state index contributed by atoms with van der Waals surface area (Å²) in [6.45, 7) is 0. The minimum absolute atomic E-state index is 0.790. The number of rotatable bonds is 5. The largest absolute Gasteiger partial charge is 0.497 e. The Kier molecular flexibility index (Phi) is 5.32. The number of ether oxygens (including phenoxy) is 1. The molecule has 0 atom stereocenters. The maximum atomic E-state index is 5.39. The van der Waals surface area contributed by atoms with Gasteiger partial charge in [0.25, 0.3) is 0 Å². The maximum Gasteiger partial charge on any atom is 0.169 e. The van der Waals surface area contributed by atoms with Crippen LogP contribution in [0.5, 0.6) is 5.75 Å². The highest BCUT2D eigenvalue weighted by Crippen LogP contribution is 2.34. The van der Waals surface area contributed by atoms with Gasteiger partial charge < -0.3 is 4.74 Å². The summed E-state index contributed by atoms with van der Waals surface area (Å²) in [7, 11) is 1.68. The van der Waals surface area contributed by atoms with Crippen LogP contribution in [0.1, 0.15) is 0 Å². The monoisotopic (exact) mass is 453 g/mol. The lowest BCUT2D eigenvalue weighted by Crippen LogP contribution is -2.01. The molecule has 6 aromatic rings. The molecule has 0 fully saturated rings. The highest BCUT2D eigenvalue weighted by molar-refractivity contribution is 5.95. The van der Waals surface area contributed by atoms with Crippen molar-refractivity contribution in [1.29, 1.82) is 0 Å². The van der Waals surface area contributed by atoms with E-state index in [0.717, 1.165) is 39.6 Å². The molecule has 6 rings (SSSR count). The number of hydrogen-bond donors (Lipinski definition) is 0. The zero-order valence-corrected chi connectivity index (χ0v) is 19.3. The molecule has 0 aliphatic rings. The predicted molar refractivity (Wildman–Crippen MR) is 142 cm³/mol. The molecule has 0 unspecified atom stereocenters. The Bertz CT molecular complexity index is 1600. The first-order valence-electron chi connectivity index (χ1n) is 11.6. The molecule has 0 N–H and O–H groups in total. The molecular formula is C31H23N3O. The van der Waals surface area contributed by atoms with Crippen molar-refractivity contribution >= 4 is 10.8 Å². The predicted octanol–water partition coefficient (Wildman–Crippen LogP) is 7.43. The average Bonchev–Trinajstić information content (AvgIpc) is 3.38. The van der Waals surface area contributed by atoms with Gasteiger partial charge in [-0.3, -0.25) is 4.57 Å². The molecule has 35 heavy (non-hydrogen) atoms. The van der Waals surface area contributed by atoms with Crippen LogP contribution >= 0.6 is 0 Å². The number of benzene rings is 5. The SMILES string of the molecule is COc1ccc(-n2c(-c3ccc(-c4ccccc4)cc3)nnc2-c2cccc3ccccc23)cc1. The molecule has 0 spiro atoms. The van der Waals surface area contributed by atoms with Gasteiger partial charge in [0.15, 0.2) is 11.6 Å². The van der Waals surface area contributed by atoms with E-state index in [4.69, 9.17) is 9.84 Å². The average molecular weight is 454 g/mol. The Hall–Kier alpha value is -4.70. The van der Waals surface area contributed by atoms with E-state index in [9.17, 15) is 0 Å². The van der Waals surface area contributed by atoms with Crippen molar-refractivity contribution in [3.8, 4) is 45.3 Å². The van der Waals surface area contributed by atoms with E-state index in [1.807, 2.05) is 30.3 Å². The third-order valence-corrected chi connectivity index (χ3v) is 6.27. The first kappa shape index (κ1) is 20.9. The quantitative estimate of drug-likeness (QED) is 0.272. The van der Waals surface area contributed by atoms with Crippen molar-refractivity contribution in [2.75, 3.05) is 7.11 Å². The molecule has 0 aliphatic heterocycles. The summed E-state index contributed by atoms with van der Waals surface area (Å²) in [4.78, 5) is 0. The molecule has 4 heteroatoms. The fraction of sp³-hybridized carbons (Fsp3) is 0.0323. The molecule has 5 aromatic carbocycles. The van der Waals surface area contributed by atoms with Crippen LogP contribution in [0, 0.1) is 0 Å². The smallest absolute Gasteiger partial charge is 0.169 e. The summed E-state index contributed by atoms with van der Waals surface area (Å²) in [6, 6.07) is 41.5. The highest BCUT2D eigenvalue weighted by Gasteiger charge is 2.19. The zero-order valence-electron chi connectivity index (χ0n) is 19.3. The lowest BCUT2D eigenvalue weighted by Gasteiger charge is -2.13. The van der Waals surface area contributed by atoms with Gasteiger partial charge in [-0.05, 0) is 46.2 Å². The van der Waals surface area contributed by atoms with Crippen LogP contribution in [0.4, 0.5) is 0 Å². The van der Waals surface area contributed by atoms with E-state index in [1.165, 1.54) is 16.5 Å². The van der Waals surface area contributed by atoms with Crippen molar-refractivity contribution in [3.05, 3.63) is 121 Å². The topological polar surface area (TPSA) is 39.9 Å². The standard InChI is InChI=1S/C31H23N3O/c1-35-27-20-18-26(19-21-27)34-30(25-16-14-23(15-17-25)22-8-3-2-4-9-22)32-33-31(34)29-13-7-11-24-10-5-6-12-28(24)29/h2-21H,1H3. The van der Waals surface area contributed by atoms with Gasteiger partial charge in [0.2, 0.25) is 0 Å². The van der Waals surface area contributed by atoms with Crippen LogP contribution < -0.4 is 4.74 Å². The minimum atomic E-state index is 0.790. The number of hydrogen-bond acceptors (Lipinski definition) is 3.